The Morgan fingerprint density at radius 3 is 2.94 bits per heavy atom. The van der Waals surface area contributed by atoms with E-state index >= 15 is 0 Å². The average molecular weight is 228 g/mol. The van der Waals surface area contributed by atoms with Crippen LogP contribution in [0.4, 0.5) is 0 Å². The summed E-state index contributed by atoms with van der Waals surface area (Å²) >= 11 is 0. The van der Waals surface area contributed by atoms with Gasteiger partial charge in [-0.05, 0) is 32.4 Å². The van der Waals surface area contributed by atoms with E-state index in [0.717, 1.165) is 26.1 Å². The topological polar surface area (TPSA) is 55.6 Å². The first-order valence-electron chi connectivity index (χ1n) is 6.21. The lowest BCUT2D eigenvalue weighted by atomic mass is 9.98. The van der Waals surface area contributed by atoms with Crippen molar-refractivity contribution in [1.82, 2.24) is 4.90 Å². The second kappa shape index (κ2) is 6.86. The van der Waals surface area contributed by atoms with E-state index in [9.17, 15) is 4.79 Å². The van der Waals surface area contributed by atoms with E-state index in [1.807, 2.05) is 6.92 Å². The number of hydrogen-bond donors (Lipinski definition) is 1. The zero-order valence-electron chi connectivity index (χ0n) is 10.4. The largest absolute Gasteiger partial charge is 0.469 e. The normalized spacial score (nSPS) is 24.1. The van der Waals surface area contributed by atoms with Crippen LogP contribution in [0.5, 0.6) is 0 Å². The lowest BCUT2D eigenvalue weighted by Gasteiger charge is -2.36. The average Bonchev–Trinajstić information content (AvgIpc) is 2.31. The quantitative estimate of drug-likeness (QED) is 0.713. The van der Waals surface area contributed by atoms with Gasteiger partial charge < -0.3 is 10.5 Å². The van der Waals surface area contributed by atoms with Crippen LogP contribution in [0.2, 0.25) is 0 Å². The Balaban J connectivity index is 2.45. The number of likely N-dealkylation sites (tertiary alicyclic amines) is 1. The standard InChI is InChI=1S/C12H24N2O2/c1-10(12(15)16-2)9-14-8-4-3-5-11(14)6-7-13/h10-11H,3-9,13H2,1-2H3. The second-order valence-corrected chi connectivity index (χ2v) is 4.65. The molecule has 0 aliphatic carbocycles. The Labute approximate surface area is 98.1 Å². The number of carbonyl (C=O) groups excluding carboxylic acids is 1. The lowest BCUT2D eigenvalue weighted by molar-refractivity contribution is -0.145. The smallest absolute Gasteiger partial charge is 0.309 e. The minimum absolute atomic E-state index is 0.0385. The Kier molecular flexibility index (Phi) is 5.77. The van der Waals surface area contributed by atoms with E-state index in [1.54, 1.807) is 0 Å². The monoisotopic (exact) mass is 228 g/mol. The third-order valence-electron chi connectivity index (χ3n) is 3.36. The van der Waals surface area contributed by atoms with Crippen LogP contribution in [0.15, 0.2) is 0 Å². The van der Waals surface area contributed by atoms with E-state index in [2.05, 4.69) is 4.90 Å². The first-order chi connectivity index (χ1) is 7.69. The Bertz CT molecular complexity index is 219. The van der Waals surface area contributed by atoms with E-state index in [1.165, 1.54) is 26.4 Å². The molecule has 1 aliphatic heterocycles. The van der Waals surface area contributed by atoms with E-state index < -0.39 is 0 Å². The van der Waals surface area contributed by atoms with Crippen molar-refractivity contribution in [3.05, 3.63) is 0 Å². The van der Waals surface area contributed by atoms with Crippen molar-refractivity contribution in [2.45, 2.75) is 38.6 Å². The fraction of sp³-hybridized carbons (Fsp3) is 0.917. The number of nitrogens with two attached hydrogens (primary N) is 1. The molecule has 0 aromatic heterocycles. The third-order valence-corrected chi connectivity index (χ3v) is 3.36. The number of rotatable bonds is 5. The van der Waals surface area contributed by atoms with Crippen molar-refractivity contribution < 1.29 is 9.53 Å². The Hall–Kier alpha value is -0.610. The molecule has 1 fully saturated rings. The lowest BCUT2D eigenvalue weighted by Crippen LogP contribution is -2.44. The molecule has 2 atom stereocenters. The molecule has 2 unspecified atom stereocenters. The zero-order chi connectivity index (χ0) is 12.0. The molecule has 2 N–H and O–H groups in total. The SMILES string of the molecule is COC(=O)C(C)CN1CCCCC1CCN. The summed E-state index contributed by atoms with van der Waals surface area (Å²) in [4.78, 5) is 13.8. The summed E-state index contributed by atoms with van der Waals surface area (Å²) in [6, 6.07) is 0.561. The molecule has 0 spiro atoms. The van der Waals surface area contributed by atoms with Crippen LogP contribution in [0, 0.1) is 5.92 Å². The highest BCUT2D eigenvalue weighted by Crippen LogP contribution is 2.20. The molecule has 4 heteroatoms. The number of methoxy groups -OCH3 is 1. The van der Waals surface area contributed by atoms with Crippen LogP contribution < -0.4 is 5.73 Å². The summed E-state index contributed by atoms with van der Waals surface area (Å²) < 4.78 is 4.76. The predicted octanol–water partition coefficient (Wildman–Crippen LogP) is 0.999. The fourth-order valence-corrected chi connectivity index (χ4v) is 2.45. The van der Waals surface area contributed by atoms with Crippen LogP contribution >= 0.6 is 0 Å². The molecule has 0 radical (unpaired) electrons. The molecule has 1 aliphatic rings. The summed E-state index contributed by atoms with van der Waals surface area (Å²) in [6.45, 7) is 4.55. The molecule has 1 heterocycles. The molecule has 0 aromatic rings. The maximum atomic E-state index is 11.4. The maximum absolute atomic E-state index is 11.4. The van der Waals surface area contributed by atoms with Crippen molar-refractivity contribution in [3.8, 4) is 0 Å². The molecule has 4 nitrogen and oxygen atoms in total. The molecular formula is C12H24N2O2. The van der Waals surface area contributed by atoms with Gasteiger partial charge in [-0.25, -0.2) is 0 Å². The van der Waals surface area contributed by atoms with Gasteiger partial charge in [-0.15, -0.1) is 0 Å². The van der Waals surface area contributed by atoms with E-state index in [-0.39, 0.29) is 11.9 Å². The number of piperidine rings is 1. The summed E-state index contributed by atoms with van der Waals surface area (Å²) in [7, 11) is 1.45. The Morgan fingerprint density at radius 2 is 2.31 bits per heavy atom. The van der Waals surface area contributed by atoms with Gasteiger partial charge in [0.15, 0.2) is 0 Å². The van der Waals surface area contributed by atoms with Gasteiger partial charge in [0.2, 0.25) is 0 Å². The van der Waals surface area contributed by atoms with Crippen molar-refractivity contribution in [2.75, 3.05) is 26.7 Å². The van der Waals surface area contributed by atoms with Crippen LogP contribution in [0.1, 0.15) is 32.6 Å². The third kappa shape index (κ3) is 3.76. The second-order valence-electron chi connectivity index (χ2n) is 4.65. The number of esters is 1. The molecular weight excluding hydrogens is 204 g/mol. The van der Waals surface area contributed by atoms with Gasteiger partial charge >= 0.3 is 5.97 Å². The summed E-state index contributed by atoms with van der Waals surface area (Å²) in [5.74, 6) is -0.152. The summed E-state index contributed by atoms with van der Waals surface area (Å²) in [5.41, 5.74) is 5.62. The van der Waals surface area contributed by atoms with Gasteiger partial charge in [0, 0.05) is 12.6 Å². The van der Waals surface area contributed by atoms with Crippen LogP contribution in [0.3, 0.4) is 0 Å². The molecule has 1 rings (SSSR count). The van der Waals surface area contributed by atoms with Crippen LogP contribution in [-0.4, -0.2) is 43.7 Å². The fourth-order valence-electron chi connectivity index (χ4n) is 2.45. The van der Waals surface area contributed by atoms with Gasteiger partial charge in [-0.3, -0.25) is 9.69 Å². The van der Waals surface area contributed by atoms with Gasteiger partial charge in [0.05, 0.1) is 13.0 Å². The zero-order valence-corrected chi connectivity index (χ0v) is 10.4. The summed E-state index contributed by atoms with van der Waals surface area (Å²) in [6.07, 6.45) is 4.77. The first kappa shape index (κ1) is 13.5. The van der Waals surface area contributed by atoms with Crippen molar-refractivity contribution in [1.29, 1.82) is 0 Å². The van der Waals surface area contributed by atoms with Gasteiger partial charge in [-0.2, -0.15) is 0 Å². The highest BCUT2D eigenvalue weighted by Gasteiger charge is 2.25. The van der Waals surface area contributed by atoms with E-state index in [4.69, 9.17) is 10.5 Å². The first-order valence-corrected chi connectivity index (χ1v) is 6.21. The molecule has 1 saturated heterocycles. The molecule has 0 bridgehead atoms. The van der Waals surface area contributed by atoms with Crippen molar-refractivity contribution in [2.24, 2.45) is 11.7 Å². The minimum Gasteiger partial charge on any atom is -0.469 e. The van der Waals surface area contributed by atoms with Crippen molar-refractivity contribution >= 4 is 5.97 Å². The molecule has 0 amide bonds. The van der Waals surface area contributed by atoms with Gasteiger partial charge in [-0.1, -0.05) is 13.3 Å². The number of hydrogen-bond acceptors (Lipinski definition) is 4. The molecule has 16 heavy (non-hydrogen) atoms. The van der Waals surface area contributed by atoms with Crippen LogP contribution in [-0.2, 0) is 9.53 Å². The number of carbonyl (C=O) groups is 1. The predicted molar refractivity (Wildman–Crippen MR) is 64.1 cm³/mol. The number of ether oxygens (including phenoxy) is 1. The molecule has 94 valence electrons. The highest BCUT2D eigenvalue weighted by atomic mass is 16.5. The van der Waals surface area contributed by atoms with Gasteiger partial charge in [0.1, 0.15) is 0 Å². The highest BCUT2D eigenvalue weighted by molar-refractivity contribution is 5.72. The summed E-state index contributed by atoms with van der Waals surface area (Å²) in [5, 5.41) is 0. The van der Waals surface area contributed by atoms with Crippen molar-refractivity contribution in [3.63, 3.8) is 0 Å². The molecule has 0 aromatic carbocycles. The van der Waals surface area contributed by atoms with Crippen LogP contribution in [0.25, 0.3) is 0 Å². The molecule has 0 saturated carbocycles. The number of nitrogens with zero attached hydrogens (tertiary/aromatic N) is 1. The van der Waals surface area contributed by atoms with E-state index in [0.29, 0.717) is 6.04 Å². The Morgan fingerprint density at radius 1 is 1.56 bits per heavy atom. The maximum Gasteiger partial charge on any atom is 0.309 e. The minimum atomic E-state index is -0.114. The van der Waals surface area contributed by atoms with Gasteiger partial charge in [0.25, 0.3) is 0 Å².